The number of carbonyl (C=O) groups is 2. The molecule has 5 nitrogen and oxygen atoms in total. The molecule has 0 aromatic heterocycles. The molecule has 0 radical (unpaired) electrons. The molecule has 0 bridgehead atoms. The van der Waals surface area contributed by atoms with Crippen LogP contribution in [0.3, 0.4) is 0 Å². The van der Waals surface area contributed by atoms with Crippen LogP contribution in [0.5, 0.6) is 11.5 Å². The molecule has 1 aliphatic heterocycles. The average molecular weight is 404 g/mol. The van der Waals surface area contributed by atoms with Crippen LogP contribution in [0.15, 0.2) is 78.6 Å². The van der Waals surface area contributed by atoms with Crippen LogP contribution in [0.4, 0.5) is 4.39 Å². The predicted octanol–water partition coefficient (Wildman–Crippen LogP) is 4.56. The van der Waals surface area contributed by atoms with Crippen LogP contribution in [-0.2, 0) is 16.1 Å². The van der Waals surface area contributed by atoms with Crippen LogP contribution in [0, 0.1) is 5.82 Å². The minimum atomic E-state index is -0.506. The molecule has 0 amide bonds. The maximum absolute atomic E-state index is 13.0. The van der Waals surface area contributed by atoms with Gasteiger partial charge in [-0.3, -0.25) is 4.79 Å². The summed E-state index contributed by atoms with van der Waals surface area (Å²) in [4.78, 5) is 24.4. The second-order valence-electron chi connectivity index (χ2n) is 6.58. The predicted molar refractivity (Wildman–Crippen MR) is 108 cm³/mol. The van der Waals surface area contributed by atoms with Crippen LogP contribution >= 0.6 is 0 Å². The first-order valence-corrected chi connectivity index (χ1v) is 9.25. The van der Waals surface area contributed by atoms with Crippen molar-refractivity contribution in [2.45, 2.75) is 6.61 Å². The lowest BCUT2D eigenvalue weighted by Crippen LogP contribution is -2.14. The van der Waals surface area contributed by atoms with Gasteiger partial charge in [-0.1, -0.05) is 42.5 Å². The number of fused-ring (bicyclic) bond motifs is 1. The molecule has 3 aromatic carbocycles. The van der Waals surface area contributed by atoms with Crippen molar-refractivity contribution < 1.29 is 28.2 Å². The highest BCUT2D eigenvalue weighted by atomic mass is 19.1. The summed E-state index contributed by atoms with van der Waals surface area (Å²) in [6, 6.07) is 19.8. The number of hydrogen-bond acceptors (Lipinski definition) is 5. The second-order valence-corrected chi connectivity index (χ2v) is 6.58. The number of ether oxygens (including phenoxy) is 3. The molecule has 0 fully saturated rings. The third kappa shape index (κ3) is 4.55. The zero-order valence-electron chi connectivity index (χ0n) is 15.8. The Labute approximate surface area is 172 Å². The fourth-order valence-corrected chi connectivity index (χ4v) is 2.89. The maximum atomic E-state index is 13.0. The van der Waals surface area contributed by atoms with Gasteiger partial charge in [-0.05, 0) is 41.5 Å². The van der Waals surface area contributed by atoms with Crippen LogP contribution < -0.4 is 9.47 Å². The van der Waals surface area contributed by atoms with Crippen LogP contribution in [0.25, 0.3) is 6.08 Å². The normalized spacial score (nSPS) is 13.6. The molecular weight excluding hydrogens is 387 g/mol. The lowest BCUT2D eigenvalue weighted by atomic mass is 10.1. The van der Waals surface area contributed by atoms with Gasteiger partial charge in [0.05, 0.1) is 5.56 Å². The number of Topliss-reactive ketones (excluding diaryl/α,β-unsaturated/α-hetero) is 1. The lowest BCUT2D eigenvalue weighted by molar-refractivity contribution is -0.147. The smallest absolute Gasteiger partial charge is 0.344 e. The van der Waals surface area contributed by atoms with E-state index < -0.39 is 5.97 Å². The molecule has 0 N–H and O–H groups in total. The Morgan fingerprint density at radius 3 is 2.53 bits per heavy atom. The highest BCUT2D eigenvalue weighted by molar-refractivity contribution is 6.14. The largest absolute Gasteiger partial charge is 0.482 e. The molecule has 150 valence electrons. The van der Waals surface area contributed by atoms with Crippen molar-refractivity contribution in [1.29, 1.82) is 0 Å². The van der Waals surface area contributed by atoms with E-state index in [-0.39, 0.29) is 30.6 Å². The molecule has 1 heterocycles. The number of ketones is 1. The molecule has 4 rings (SSSR count). The monoisotopic (exact) mass is 404 g/mol. The summed E-state index contributed by atoms with van der Waals surface area (Å²) in [6.45, 7) is -0.0970. The molecule has 0 unspecified atom stereocenters. The number of halogens is 1. The van der Waals surface area contributed by atoms with E-state index in [2.05, 4.69) is 0 Å². The van der Waals surface area contributed by atoms with E-state index in [1.807, 2.05) is 30.3 Å². The molecule has 0 saturated heterocycles. The Kier molecular flexibility index (Phi) is 5.57. The summed E-state index contributed by atoms with van der Waals surface area (Å²) < 4.78 is 29.3. The van der Waals surface area contributed by atoms with E-state index in [1.54, 1.807) is 36.4 Å². The van der Waals surface area contributed by atoms with Gasteiger partial charge in [0.25, 0.3) is 0 Å². The summed E-state index contributed by atoms with van der Waals surface area (Å²) in [5, 5.41) is 0. The minimum Gasteiger partial charge on any atom is -0.482 e. The Balaban J connectivity index is 1.36. The zero-order valence-corrected chi connectivity index (χ0v) is 15.8. The molecule has 6 heteroatoms. The van der Waals surface area contributed by atoms with E-state index in [0.29, 0.717) is 22.6 Å². The van der Waals surface area contributed by atoms with Gasteiger partial charge in [-0.25, -0.2) is 9.18 Å². The quantitative estimate of drug-likeness (QED) is 0.445. The Hall–Kier alpha value is -3.93. The first-order chi connectivity index (χ1) is 14.6. The standard InChI is InChI=1S/C24H17FO5/c25-18-8-6-16(7-9-18)12-22-24(27)20-11-10-19(13-21(20)30-22)28-15-23(26)29-14-17-4-2-1-3-5-17/h1-13H,14-15H2/b22-12-. The van der Waals surface area contributed by atoms with Crippen molar-refractivity contribution in [2.75, 3.05) is 6.61 Å². The highest BCUT2D eigenvalue weighted by Crippen LogP contribution is 2.34. The number of rotatable bonds is 6. The highest BCUT2D eigenvalue weighted by Gasteiger charge is 2.27. The van der Waals surface area contributed by atoms with E-state index in [9.17, 15) is 14.0 Å². The summed E-state index contributed by atoms with van der Waals surface area (Å²) >= 11 is 0. The second kappa shape index (κ2) is 8.61. The van der Waals surface area contributed by atoms with Gasteiger partial charge in [-0.2, -0.15) is 0 Å². The molecular formula is C24H17FO5. The Morgan fingerprint density at radius 1 is 1.00 bits per heavy atom. The van der Waals surface area contributed by atoms with E-state index in [0.717, 1.165) is 5.56 Å². The van der Waals surface area contributed by atoms with Gasteiger partial charge in [0, 0.05) is 6.07 Å². The molecule has 30 heavy (non-hydrogen) atoms. The summed E-state index contributed by atoms with van der Waals surface area (Å²) in [5.41, 5.74) is 1.92. The topological polar surface area (TPSA) is 61.8 Å². The number of benzene rings is 3. The van der Waals surface area contributed by atoms with Gasteiger partial charge in [0.2, 0.25) is 5.78 Å². The summed E-state index contributed by atoms with van der Waals surface area (Å²) in [7, 11) is 0. The Bertz CT molecular complexity index is 1100. The molecule has 0 atom stereocenters. The third-order valence-electron chi connectivity index (χ3n) is 4.41. The average Bonchev–Trinajstić information content (AvgIpc) is 3.07. The third-order valence-corrected chi connectivity index (χ3v) is 4.41. The van der Waals surface area contributed by atoms with E-state index in [4.69, 9.17) is 14.2 Å². The number of esters is 1. The maximum Gasteiger partial charge on any atom is 0.344 e. The molecule has 0 spiro atoms. The van der Waals surface area contributed by atoms with Crippen LogP contribution in [0.2, 0.25) is 0 Å². The van der Waals surface area contributed by atoms with Crippen molar-refractivity contribution in [2.24, 2.45) is 0 Å². The fraction of sp³-hybridized carbons (Fsp3) is 0.0833. The van der Waals surface area contributed by atoms with E-state index >= 15 is 0 Å². The first kappa shape index (κ1) is 19.4. The van der Waals surface area contributed by atoms with Crippen molar-refractivity contribution in [3.63, 3.8) is 0 Å². The fourth-order valence-electron chi connectivity index (χ4n) is 2.89. The molecule has 0 aliphatic carbocycles. The number of carbonyl (C=O) groups excluding carboxylic acids is 2. The minimum absolute atomic E-state index is 0.135. The van der Waals surface area contributed by atoms with Crippen molar-refractivity contribution in [3.8, 4) is 11.5 Å². The van der Waals surface area contributed by atoms with Crippen molar-refractivity contribution in [3.05, 3.63) is 101 Å². The molecule has 0 saturated carbocycles. The summed E-state index contributed by atoms with van der Waals surface area (Å²) in [5.74, 6) is -0.291. The van der Waals surface area contributed by atoms with Crippen molar-refractivity contribution in [1.82, 2.24) is 0 Å². The lowest BCUT2D eigenvalue weighted by Gasteiger charge is -2.08. The van der Waals surface area contributed by atoms with Crippen LogP contribution in [-0.4, -0.2) is 18.4 Å². The van der Waals surface area contributed by atoms with E-state index in [1.165, 1.54) is 12.1 Å². The zero-order chi connectivity index (χ0) is 20.9. The van der Waals surface area contributed by atoms with Gasteiger partial charge in [0.1, 0.15) is 23.9 Å². The number of hydrogen-bond donors (Lipinski definition) is 0. The van der Waals surface area contributed by atoms with Crippen LogP contribution in [0.1, 0.15) is 21.5 Å². The van der Waals surface area contributed by atoms with Gasteiger partial charge < -0.3 is 14.2 Å². The SMILES string of the molecule is O=C(COc1ccc2c(c1)O/C(=C\c1ccc(F)cc1)C2=O)OCc1ccccc1. The van der Waals surface area contributed by atoms with Gasteiger partial charge >= 0.3 is 5.97 Å². The van der Waals surface area contributed by atoms with Crippen molar-refractivity contribution >= 4 is 17.8 Å². The van der Waals surface area contributed by atoms with Gasteiger partial charge in [-0.15, -0.1) is 0 Å². The summed E-state index contributed by atoms with van der Waals surface area (Å²) in [6.07, 6.45) is 1.54. The number of allylic oxidation sites excluding steroid dienone is 1. The molecule has 1 aliphatic rings. The first-order valence-electron chi connectivity index (χ1n) is 9.25. The molecule has 3 aromatic rings. The van der Waals surface area contributed by atoms with Gasteiger partial charge in [0.15, 0.2) is 12.4 Å². The Morgan fingerprint density at radius 2 is 1.77 bits per heavy atom.